The lowest BCUT2D eigenvalue weighted by molar-refractivity contribution is -0.0942. The van der Waals surface area contributed by atoms with E-state index in [0.717, 1.165) is 0 Å². The Morgan fingerprint density at radius 3 is 2.54 bits per heavy atom. The number of nitrogens with zero attached hydrogens (tertiary/aromatic N) is 2. The van der Waals surface area contributed by atoms with Gasteiger partial charge in [0.1, 0.15) is 5.76 Å². The highest BCUT2D eigenvalue weighted by Gasteiger charge is 2.46. The molecule has 0 saturated carbocycles. The number of carbonyl (C=O) groups excluding carboxylic acids is 1. The molecule has 2 aromatic rings. The third-order valence-electron chi connectivity index (χ3n) is 4.65. The van der Waals surface area contributed by atoms with Gasteiger partial charge in [0.15, 0.2) is 17.3 Å². The number of allylic oxidation sites excluding steroid dienone is 2. The first-order chi connectivity index (χ1) is 13.6. The average molecular weight is 382 g/mol. The second kappa shape index (κ2) is 8.14. The van der Waals surface area contributed by atoms with Crippen LogP contribution in [0.5, 0.6) is 0 Å². The number of hydrogen-bond donors (Lipinski definition) is 1. The fraction of sp³-hybridized carbons (Fsp3) is 0.238. The first kappa shape index (κ1) is 19.4. The van der Waals surface area contributed by atoms with Gasteiger partial charge >= 0.3 is 0 Å². The number of methoxy groups -OCH3 is 3. The van der Waals surface area contributed by atoms with Crippen molar-refractivity contribution in [1.29, 1.82) is 0 Å². The Bertz CT molecular complexity index is 929. The van der Waals surface area contributed by atoms with Crippen molar-refractivity contribution < 1.29 is 24.1 Å². The summed E-state index contributed by atoms with van der Waals surface area (Å²) in [7, 11) is 4.48. The first-order valence-corrected chi connectivity index (χ1v) is 8.63. The van der Waals surface area contributed by atoms with Crippen LogP contribution in [0.2, 0.25) is 0 Å². The summed E-state index contributed by atoms with van der Waals surface area (Å²) in [5, 5.41) is 10.8. The van der Waals surface area contributed by atoms with E-state index < -0.39 is 5.72 Å². The molecular formula is C21H22N2O5. The highest BCUT2D eigenvalue weighted by molar-refractivity contribution is 6.04. The van der Waals surface area contributed by atoms with Crippen LogP contribution in [0.25, 0.3) is 0 Å². The summed E-state index contributed by atoms with van der Waals surface area (Å²) in [6.45, 7) is 0. The van der Waals surface area contributed by atoms with Gasteiger partial charge in [0.05, 0.1) is 32.5 Å². The van der Waals surface area contributed by atoms with Crippen LogP contribution in [0.15, 0.2) is 84.1 Å². The van der Waals surface area contributed by atoms with Crippen molar-refractivity contribution in [1.82, 2.24) is 9.55 Å². The molecule has 1 heterocycles. The fourth-order valence-electron chi connectivity index (χ4n) is 3.27. The zero-order valence-electron chi connectivity index (χ0n) is 16.0. The van der Waals surface area contributed by atoms with Gasteiger partial charge in [0, 0.05) is 25.1 Å². The number of ether oxygens (including phenoxy) is 3. The molecule has 1 unspecified atom stereocenters. The standard InChI is InChI=1S/C21H22N2O5/c1-26-19-16(9-10-17(24)15-7-5-4-6-8-15)18(25)13-21(28-3,20(19)27-2)23-12-11-22-14-23/h4-12,14,25H,13H2,1-3H3/b10-9+. The van der Waals surface area contributed by atoms with Crippen molar-refractivity contribution in [2.24, 2.45) is 0 Å². The molecule has 3 rings (SSSR count). The SMILES string of the molecule is COC1=C(OC)C(OC)(n2ccnc2)CC(O)=C1/C=C/C(=O)c1ccccc1. The van der Waals surface area contributed by atoms with E-state index >= 15 is 0 Å². The molecule has 0 bridgehead atoms. The maximum Gasteiger partial charge on any atom is 0.215 e. The highest BCUT2D eigenvalue weighted by Crippen LogP contribution is 2.43. The Labute approximate surface area is 163 Å². The van der Waals surface area contributed by atoms with Crippen LogP contribution in [-0.4, -0.2) is 41.8 Å². The van der Waals surface area contributed by atoms with Gasteiger partial charge in [0.25, 0.3) is 0 Å². The summed E-state index contributed by atoms with van der Waals surface area (Å²) < 4.78 is 18.6. The van der Waals surface area contributed by atoms with Crippen molar-refractivity contribution in [3.05, 3.63) is 89.6 Å². The Morgan fingerprint density at radius 1 is 1.21 bits per heavy atom. The number of hydrogen-bond acceptors (Lipinski definition) is 6. The molecule has 0 spiro atoms. The normalized spacial score (nSPS) is 20.0. The minimum absolute atomic E-state index is 0.00492. The number of ketones is 1. The molecular weight excluding hydrogens is 360 g/mol. The van der Waals surface area contributed by atoms with Crippen molar-refractivity contribution in [3.63, 3.8) is 0 Å². The van der Waals surface area contributed by atoms with Gasteiger partial charge in [0.2, 0.25) is 5.72 Å². The molecule has 0 saturated heterocycles. The molecule has 1 N–H and O–H groups in total. The van der Waals surface area contributed by atoms with Gasteiger partial charge in [-0.25, -0.2) is 4.98 Å². The zero-order valence-corrected chi connectivity index (χ0v) is 16.0. The van der Waals surface area contributed by atoms with E-state index in [1.54, 1.807) is 47.6 Å². The highest BCUT2D eigenvalue weighted by atomic mass is 16.6. The first-order valence-electron chi connectivity index (χ1n) is 8.63. The predicted octanol–water partition coefficient (Wildman–Crippen LogP) is 3.34. The van der Waals surface area contributed by atoms with Crippen LogP contribution in [0.1, 0.15) is 16.8 Å². The van der Waals surface area contributed by atoms with Crippen LogP contribution in [0.3, 0.4) is 0 Å². The largest absolute Gasteiger partial charge is 0.511 e. The Morgan fingerprint density at radius 2 is 1.96 bits per heavy atom. The van der Waals surface area contributed by atoms with Crippen LogP contribution in [0.4, 0.5) is 0 Å². The summed E-state index contributed by atoms with van der Waals surface area (Å²) in [6.07, 6.45) is 7.89. The lowest BCUT2D eigenvalue weighted by Gasteiger charge is -2.38. The molecule has 7 heteroatoms. The number of imidazole rings is 1. The van der Waals surface area contributed by atoms with E-state index in [2.05, 4.69) is 4.98 Å². The number of aliphatic hydroxyl groups excluding tert-OH is 1. The molecule has 1 atom stereocenters. The van der Waals surface area contributed by atoms with Gasteiger partial charge < -0.3 is 23.9 Å². The summed E-state index contributed by atoms with van der Waals surface area (Å²) in [5.41, 5.74) is -0.243. The maximum absolute atomic E-state index is 12.4. The van der Waals surface area contributed by atoms with E-state index in [0.29, 0.717) is 16.9 Å². The second-order valence-electron chi connectivity index (χ2n) is 6.13. The van der Waals surface area contributed by atoms with Crippen molar-refractivity contribution >= 4 is 5.78 Å². The summed E-state index contributed by atoms with van der Waals surface area (Å²) in [6, 6.07) is 8.88. The summed E-state index contributed by atoms with van der Waals surface area (Å²) in [4.78, 5) is 16.4. The van der Waals surface area contributed by atoms with E-state index in [4.69, 9.17) is 14.2 Å². The number of rotatable bonds is 7. The van der Waals surface area contributed by atoms with Crippen LogP contribution >= 0.6 is 0 Å². The Kier molecular flexibility index (Phi) is 5.65. The molecule has 1 aromatic carbocycles. The van der Waals surface area contributed by atoms with Crippen molar-refractivity contribution in [2.75, 3.05) is 21.3 Å². The van der Waals surface area contributed by atoms with Gasteiger partial charge in [-0.3, -0.25) is 4.79 Å². The van der Waals surface area contributed by atoms with Crippen molar-refractivity contribution in [3.8, 4) is 0 Å². The number of aromatic nitrogens is 2. The molecule has 0 amide bonds. The monoisotopic (exact) mass is 382 g/mol. The summed E-state index contributed by atoms with van der Waals surface area (Å²) in [5.74, 6) is 0.456. The smallest absolute Gasteiger partial charge is 0.215 e. The molecule has 1 aromatic heterocycles. The number of carbonyl (C=O) groups is 1. The van der Waals surface area contributed by atoms with E-state index in [1.165, 1.54) is 33.5 Å². The fourth-order valence-corrected chi connectivity index (χ4v) is 3.27. The molecule has 0 radical (unpaired) electrons. The molecule has 1 aliphatic rings. The minimum Gasteiger partial charge on any atom is -0.511 e. The van der Waals surface area contributed by atoms with E-state index in [1.807, 2.05) is 6.07 Å². The van der Waals surface area contributed by atoms with Crippen LogP contribution < -0.4 is 0 Å². The van der Waals surface area contributed by atoms with Crippen LogP contribution in [0, 0.1) is 0 Å². The quantitative estimate of drug-likeness (QED) is 0.584. The van der Waals surface area contributed by atoms with Gasteiger partial charge in [-0.2, -0.15) is 0 Å². The predicted molar refractivity (Wildman–Crippen MR) is 102 cm³/mol. The van der Waals surface area contributed by atoms with Crippen molar-refractivity contribution in [2.45, 2.75) is 12.1 Å². The molecule has 28 heavy (non-hydrogen) atoms. The van der Waals surface area contributed by atoms with Crippen LogP contribution in [-0.2, 0) is 19.9 Å². The third kappa shape index (κ3) is 3.32. The Balaban J connectivity index is 2.03. The lowest BCUT2D eigenvalue weighted by Crippen LogP contribution is -2.41. The van der Waals surface area contributed by atoms with E-state index in [-0.39, 0.29) is 23.7 Å². The third-order valence-corrected chi connectivity index (χ3v) is 4.65. The van der Waals surface area contributed by atoms with E-state index in [9.17, 15) is 9.90 Å². The molecule has 7 nitrogen and oxygen atoms in total. The van der Waals surface area contributed by atoms with Gasteiger partial charge in [-0.15, -0.1) is 0 Å². The van der Waals surface area contributed by atoms with Gasteiger partial charge in [-0.1, -0.05) is 30.3 Å². The average Bonchev–Trinajstić information content (AvgIpc) is 3.27. The molecule has 146 valence electrons. The molecule has 0 fully saturated rings. The zero-order chi connectivity index (χ0) is 20.1. The minimum atomic E-state index is -1.15. The number of aliphatic hydroxyl groups is 1. The second-order valence-corrected chi connectivity index (χ2v) is 6.13. The number of benzene rings is 1. The summed E-state index contributed by atoms with van der Waals surface area (Å²) >= 11 is 0. The molecule has 1 aliphatic carbocycles. The Hall–Kier alpha value is -3.32. The lowest BCUT2D eigenvalue weighted by atomic mass is 9.92. The maximum atomic E-state index is 12.4. The topological polar surface area (TPSA) is 82.8 Å². The van der Waals surface area contributed by atoms with Gasteiger partial charge in [-0.05, 0) is 12.2 Å². The molecule has 0 aliphatic heterocycles.